The van der Waals surface area contributed by atoms with E-state index in [9.17, 15) is 4.79 Å². The van der Waals surface area contributed by atoms with E-state index < -0.39 is 0 Å². The molecular formula is C20H21N5O. The first-order valence-corrected chi connectivity index (χ1v) is 8.89. The molecule has 0 N–H and O–H groups in total. The van der Waals surface area contributed by atoms with Crippen molar-refractivity contribution in [2.75, 3.05) is 11.4 Å². The van der Waals surface area contributed by atoms with Gasteiger partial charge < -0.3 is 4.90 Å². The van der Waals surface area contributed by atoms with Gasteiger partial charge in [-0.1, -0.05) is 26.0 Å². The number of aryl methyl sites for hydroxylation is 1. The summed E-state index contributed by atoms with van der Waals surface area (Å²) in [5.74, 6) is 1.06. The summed E-state index contributed by atoms with van der Waals surface area (Å²) in [6, 6.07) is 9.96. The molecule has 0 fully saturated rings. The molecular weight excluding hydrogens is 326 g/mol. The normalized spacial score (nSPS) is 13.7. The standard InChI is InChI=1S/C20H21N5O/c1-14(2)15-5-6-18-16(10-15)4-3-9-24(18)20(26)17-7-8-22-19(11-17)25-13-21-12-23-25/h5-8,10-14H,3-4,9H2,1-2H3. The van der Waals surface area contributed by atoms with Gasteiger partial charge in [0.15, 0.2) is 5.82 Å². The Kier molecular flexibility index (Phi) is 4.24. The topological polar surface area (TPSA) is 63.9 Å². The molecule has 4 rings (SSSR count). The van der Waals surface area contributed by atoms with Gasteiger partial charge >= 0.3 is 0 Å². The predicted octanol–water partition coefficient (Wildman–Crippen LogP) is 3.38. The second-order valence-corrected chi connectivity index (χ2v) is 6.85. The number of benzene rings is 1. The number of nitrogens with zero attached hydrogens (tertiary/aromatic N) is 5. The highest BCUT2D eigenvalue weighted by atomic mass is 16.2. The number of amides is 1. The minimum atomic E-state index is -0.00740. The summed E-state index contributed by atoms with van der Waals surface area (Å²) in [6.45, 7) is 5.11. The van der Waals surface area contributed by atoms with E-state index in [2.05, 4.69) is 47.1 Å². The summed E-state index contributed by atoms with van der Waals surface area (Å²) < 4.78 is 1.55. The maximum atomic E-state index is 13.2. The van der Waals surface area contributed by atoms with E-state index in [1.165, 1.54) is 17.5 Å². The number of pyridine rings is 1. The second kappa shape index (κ2) is 6.71. The number of carbonyl (C=O) groups excluding carboxylic acids is 1. The molecule has 6 heteroatoms. The molecule has 26 heavy (non-hydrogen) atoms. The van der Waals surface area contributed by atoms with Crippen LogP contribution in [0.4, 0.5) is 5.69 Å². The Labute approximate surface area is 152 Å². The Hall–Kier alpha value is -3.02. The summed E-state index contributed by atoms with van der Waals surface area (Å²) in [7, 11) is 0. The van der Waals surface area contributed by atoms with Crippen molar-refractivity contribution in [3.05, 3.63) is 65.9 Å². The van der Waals surface area contributed by atoms with Gasteiger partial charge in [-0.3, -0.25) is 4.79 Å². The molecule has 0 saturated carbocycles. The van der Waals surface area contributed by atoms with Crippen molar-refractivity contribution in [3.63, 3.8) is 0 Å². The average molecular weight is 347 g/mol. The van der Waals surface area contributed by atoms with Gasteiger partial charge in [-0.25, -0.2) is 14.6 Å². The third kappa shape index (κ3) is 2.98. The molecule has 0 aliphatic carbocycles. The van der Waals surface area contributed by atoms with Gasteiger partial charge in [0.2, 0.25) is 0 Å². The van der Waals surface area contributed by atoms with Gasteiger partial charge in [-0.05, 0) is 48.1 Å². The Morgan fingerprint density at radius 3 is 2.85 bits per heavy atom. The lowest BCUT2D eigenvalue weighted by atomic mass is 9.94. The van der Waals surface area contributed by atoms with E-state index in [4.69, 9.17) is 0 Å². The SMILES string of the molecule is CC(C)c1ccc2c(c1)CCCN2C(=O)c1ccnc(-n2cncn2)c1. The van der Waals surface area contributed by atoms with Crippen LogP contribution in [0.1, 0.15) is 47.7 Å². The van der Waals surface area contributed by atoms with E-state index >= 15 is 0 Å². The van der Waals surface area contributed by atoms with E-state index in [0.717, 1.165) is 25.1 Å². The zero-order valence-corrected chi connectivity index (χ0v) is 15.0. The van der Waals surface area contributed by atoms with Crippen LogP contribution in [-0.4, -0.2) is 32.2 Å². The van der Waals surface area contributed by atoms with Gasteiger partial charge in [-0.15, -0.1) is 0 Å². The van der Waals surface area contributed by atoms with Gasteiger partial charge in [0, 0.05) is 24.0 Å². The Bertz CT molecular complexity index is 933. The molecule has 0 bridgehead atoms. The van der Waals surface area contributed by atoms with Crippen LogP contribution in [0.2, 0.25) is 0 Å². The molecule has 0 spiro atoms. The number of hydrogen-bond donors (Lipinski definition) is 0. The maximum absolute atomic E-state index is 13.2. The van der Waals surface area contributed by atoms with Crippen LogP contribution in [0, 0.1) is 0 Å². The zero-order valence-electron chi connectivity index (χ0n) is 15.0. The van der Waals surface area contributed by atoms with Crippen molar-refractivity contribution in [3.8, 4) is 5.82 Å². The number of fused-ring (bicyclic) bond motifs is 1. The zero-order chi connectivity index (χ0) is 18.1. The summed E-state index contributed by atoms with van der Waals surface area (Å²) in [6.07, 6.45) is 6.64. The molecule has 0 saturated heterocycles. The number of aromatic nitrogens is 4. The van der Waals surface area contributed by atoms with Crippen molar-refractivity contribution in [1.29, 1.82) is 0 Å². The quantitative estimate of drug-likeness (QED) is 0.729. The van der Waals surface area contributed by atoms with Crippen molar-refractivity contribution in [2.45, 2.75) is 32.6 Å². The molecule has 1 amide bonds. The Balaban J connectivity index is 1.67. The first-order chi connectivity index (χ1) is 12.6. The van der Waals surface area contributed by atoms with Crippen molar-refractivity contribution in [2.24, 2.45) is 0 Å². The van der Waals surface area contributed by atoms with Crippen molar-refractivity contribution in [1.82, 2.24) is 19.7 Å². The molecule has 6 nitrogen and oxygen atoms in total. The van der Waals surface area contributed by atoms with Gasteiger partial charge in [0.1, 0.15) is 12.7 Å². The molecule has 1 aliphatic heterocycles. The molecule has 0 unspecified atom stereocenters. The van der Waals surface area contributed by atoms with Crippen molar-refractivity contribution < 1.29 is 4.79 Å². The number of hydrogen-bond acceptors (Lipinski definition) is 4. The lowest BCUT2D eigenvalue weighted by Crippen LogP contribution is -2.35. The van der Waals surface area contributed by atoms with Crippen LogP contribution in [0.25, 0.3) is 5.82 Å². The lowest BCUT2D eigenvalue weighted by Gasteiger charge is -2.30. The van der Waals surface area contributed by atoms with E-state index in [1.54, 1.807) is 29.3 Å². The fourth-order valence-electron chi connectivity index (χ4n) is 3.35. The molecule has 0 radical (unpaired) electrons. The highest BCUT2D eigenvalue weighted by Gasteiger charge is 2.24. The Morgan fingerprint density at radius 2 is 2.08 bits per heavy atom. The molecule has 3 aromatic rings. The summed E-state index contributed by atoms with van der Waals surface area (Å²) >= 11 is 0. The minimum absolute atomic E-state index is 0.00740. The molecule has 2 aromatic heterocycles. The van der Waals surface area contributed by atoms with Crippen LogP contribution in [0.3, 0.4) is 0 Å². The lowest BCUT2D eigenvalue weighted by molar-refractivity contribution is 0.0985. The van der Waals surface area contributed by atoms with Crippen LogP contribution < -0.4 is 4.90 Å². The minimum Gasteiger partial charge on any atom is -0.308 e. The first kappa shape index (κ1) is 16.4. The fourth-order valence-corrected chi connectivity index (χ4v) is 3.35. The van der Waals surface area contributed by atoms with E-state index in [1.807, 2.05) is 4.90 Å². The van der Waals surface area contributed by atoms with Gasteiger partial charge in [-0.2, -0.15) is 5.10 Å². The predicted molar refractivity (Wildman–Crippen MR) is 99.7 cm³/mol. The monoisotopic (exact) mass is 347 g/mol. The van der Waals surface area contributed by atoms with Crippen molar-refractivity contribution >= 4 is 11.6 Å². The number of anilines is 1. The van der Waals surface area contributed by atoms with E-state index in [-0.39, 0.29) is 5.91 Å². The average Bonchev–Trinajstić information content (AvgIpc) is 3.21. The third-order valence-electron chi connectivity index (χ3n) is 4.78. The van der Waals surface area contributed by atoms with Crippen LogP contribution in [-0.2, 0) is 6.42 Å². The summed E-state index contributed by atoms with van der Waals surface area (Å²) in [4.78, 5) is 23.2. The number of rotatable bonds is 3. The van der Waals surface area contributed by atoms with Gasteiger partial charge in [0.25, 0.3) is 5.91 Å². The smallest absolute Gasteiger partial charge is 0.258 e. The largest absolute Gasteiger partial charge is 0.308 e. The molecule has 3 heterocycles. The summed E-state index contributed by atoms with van der Waals surface area (Å²) in [5, 5.41) is 4.08. The highest BCUT2D eigenvalue weighted by Crippen LogP contribution is 2.31. The molecule has 0 atom stereocenters. The van der Waals surface area contributed by atoms with Gasteiger partial charge in [0.05, 0.1) is 0 Å². The molecule has 132 valence electrons. The van der Waals surface area contributed by atoms with Crippen LogP contribution >= 0.6 is 0 Å². The molecule has 1 aromatic carbocycles. The maximum Gasteiger partial charge on any atom is 0.258 e. The van der Waals surface area contributed by atoms with E-state index in [0.29, 0.717) is 17.3 Å². The highest BCUT2D eigenvalue weighted by molar-refractivity contribution is 6.07. The van der Waals surface area contributed by atoms with Crippen LogP contribution in [0.5, 0.6) is 0 Å². The third-order valence-corrected chi connectivity index (χ3v) is 4.78. The Morgan fingerprint density at radius 1 is 1.19 bits per heavy atom. The first-order valence-electron chi connectivity index (χ1n) is 8.89. The number of carbonyl (C=O) groups is 1. The summed E-state index contributed by atoms with van der Waals surface area (Å²) in [5.41, 5.74) is 4.19. The second-order valence-electron chi connectivity index (χ2n) is 6.85. The fraction of sp³-hybridized carbons (Fsp3) is 0.300. The van der Waals surface area contributed by atoms with Crippen LogP contribution in [0.15, 0.2) is 49.2 Å². The molecule has 1 aliphatic rings.